The minimum absolute atomic E-state index is 0.460. The lowest BCUT2D eigenvalue weighted by molar-refractivity contribution is 0.150. The lowest BCUT2D eigenvalue weighted by Crippen LogP contribution is -2.33. The van der Waals surface area contributed by atoms with Crippen LogP contribution in [0.4, 0.5) is 4.79 Å². The van der Waals surface area contributed by atoms with E-state index in [2.05, 4.69) is 33.6 Å². The molecule has 1 aliphatic heterocycles. The van der Waals surface area contributed by atoms with E-state index < -0.39 is 6.09 Å². The van der Waals surface area contributed by atoms with Gasteiger partial charge in [0.1, 0.15) is 9.35 Å². The highest BCUT2D eigenvalue weighted by Gasteiger charge is 2.17. The average molecular weight is 369 g/mol. The lowest BCUT2D eigenvalue weighted by Gasteiger charge is -2.23. The first kappa shape index (κ1) is 12.5. The quantitative estimate of drug-likeness (QED) is 0.787. The van der Waals surface area contributed by atoms with Crippen LogP contribution in [-0.2, 0) is 0 Å². The van der Waals surface area contributed by atoms with Crippen molar-refractivity contribution in [3.63, 3.8) is 0 Å². The molecule has 19 heavy (non-hydrogen) atoms. The highest BCUT2D eigenvalue weighted by atomic mass is 127. The summed E-state index contributed by atoms with van der Waals surface area (Å²) in [5.41, 5.74) is 3.24. The third-order valence-electron chi connectivity index (χ3n) is 3.32. The molecule has 0 bridgehead atoms. The second-order valence-electron chi connectivity index (χ2n) is 4.43. The summed E-state index contributed by atoms with van der Waals surface area (Å²) in [6, 6.07) is 4.10. The van der Waals surface area contributed by atoms with Crippen molar-refractivity contribution in [1.29, 1.82) is 0 Å². The standard InChI is InChI=1S/C13H12IN3O2/c14-11-8-15-12-7-10(3-6-17(11)12)9-1-4-16(5-2-9)13(18)19/h1,3,6-8H,2,4-5H2,(H,18,19). The molecule has 98 valence electrons. The second kappa shape index (κ2) is 4.84. The Balaban J connectivity index is 1.91. The molecule has 1 amide bonds. The fraction of sp³-hybridized carbons (Fsp3) is 0.231. The van der Waals surface area contributed by atoms with Gasteiger partial charge < -0.3 is 10.0 Å². The van der Waals surface area contributed by atoms with Crippen LogP contribution in [0.25, 0.3) is 11.2 Å². The molecule has 2 aromatic heterocycles. The van der Waals surface area contributed by atoms with Crippen LogP contribution in [0.3, 0.4) is 0 Å². The van der Waals surface area contributed by atoms with Crippen LogP contribution in [0.5, 0.6) is 0 Å². The number of carbonyl (C=O) groups is 1. The number of hydrogen-bond donors (Lipinski definition) is 1. The average Bonchev–Trinajstić information content (AvgIpc) is 2.80. The monoisotopic (exact) mass is 369 g/mol. The van der Waals surface area contributed by atoms with E-state index in [1.807, 2.05) is 28.9 Å². The van der Waals surface area contributed by atoms with Gasteiger partial charge in [0.15, 0.2) is 0 Å². The van der Waals surface area contributed by atoms with Crippen molar-refractivity contribution in [3.8, 4) is 0 Å². The van der Waals surface area contributed by atoms with Gasteiger partial charge in [-0.1, -0.05) is 6.08 Å². The van der Waals surface area contributed by atoms with Crippen molar-refractivity contribution < 1.29 is 9.90 Å². The van der Waals surface area contributed by atoms with E-state index in [-0.39, 0.29) is 0 Å². The van der Waals surface area contributed by atoms with Crippen LogP contribution in [0.1, 0.15) is 12.0 Å². The third kappa shape index (κ3) is 2.32. The molecule has 0 unspecified atom stereocenters. The molecule has 1 N–H and O–H groups in total. The molecule has 0 spiro atoms. The molecule has 0 aliphatic carbocycles. The molecule has 5 nitrogen and oxygen atoms in total. The van der Waals surface area contributed by atoms with E-state index in [1.54, 1.807) is 0 Å². The summed E-state index contributed by atoms with van der Waals surface area (Å²) in [4.78, 5) is 16.6. The Morgan fingerprint density at radius 3 is 3.00 bits per heavy atom. The molecule has 3 rings (SSSR count). The van der Waals surface area contributed by atoms with Gasteiger partial charge in [-0.25, -0.2) is 9.78 Å². The van der Waals surface area contributed by atoms with Gasteiger partial charge >= 0.3 is 6.09 Å². The molecule has 0 aromatic carbocycles. The number of halogens is 1. The minimum Gasteiger partial charge on any atom is -0.465 e. The fourth-order valence-electron chi connectivity index (χ4n) is 2.25. The largest absolute Gasteiger partial charge is 0.465 e. The molecule has 0 atom stereocenters. The van der Waals surface area contributed by atoms with E-state index in [9.17, 15) is 4.79 Å². The smallest absolute Gasteiger partial charge is 0.407 e. The summed E-state index contributed by atoms with van der Waals surface area (Å²) in [5, 5.41) is 8.92. The Morgan fingerprint density at radius 2 is 2.32 bits per heavy atom. The lowest BCUT2D eigenvalue weighted by atomic mass is 10.0. The van der Waals surface area contributed by atoms with Crippen LogP contribution in [0.2, 0.25) is 0 Å². The Hall–Kier alpha value is -1.57. The Bertz CT molecular complexity index is 678. The molecule has 0 saturated carbocycles. The maximum absolute atomic E-state index is 10.9. The van der Waals surface area contributed by atoms with E-state index in [0.717, 1.165) is 21.3 Å². The Morgan fingerprint density at radius 1 is 1.47 bits per heavy atom. The first-order valence-corrected chi connectivity index (χ1v) is 7.03. The summed E-state index contributed by atoms with van der Waals surface area (Å²) in [6.07, 6.45) is 5.72. The van der Waals surface area contributed by atoms with Crippen LogP contribution in [-0.4, -0.2) is 38.6 Å². The fourth-order valence-corrected chi connectivity index (χ4v) is 2.80. The van der Waals surface area contributed by atoms with Gasteiger partial charge in [0.25, 0.3) is 0 Å². The van der Waals surface area contributed by atoms with Crippen LogP contribution < -0.4 is 0 Å². The zero-order valence-corrected chi connectivity index (χ0v) is 12.2. The van der Waals surface area contributed by atoms with Crippen molar-refractivity contribution in [2.75, 3.05) is 13.1 Å². The van der Waals surface area contributed by atoms with E-state index in [4.69, 9.17) is 5.11 Å². The van der Waals surface area contributed by atoms with E-state index >= 15 is 0 Å². The van der Waals surface area contributed by atoms with Gasteiger partial charge in [-0.15, -0.1) is 0 Å². The SMILES string of the molecule is O=C(O)N1CC=C(c2ccn3c(I)cnc3c2)CC1. The predicted molar refractivity (Wildman–Crippen MR) is 80.1 cm³/mol. The third-order valence-corrected chi connectivity index (χ3v) is 4.12. The van der Waals surface area contributed by atoms with Crippen LogP contribution in [0.15, 0.2) is 30.6 Å². The van der Waals surface area contributed by atoms with Gasteiger partial charge in [-0.05, 0) is 52.3 Å². The number of pyridine rings is 1. The van der Waals surface area contributed by atoms with Crippen molar-refractivity contribution in [3.05, 3.63) is 39.9 Å². The second-order valence-corrected chi connectivity index (χ2v) is 5.54. The highest BCUT2D eigenvalue weighted by Crippen LogP contribution is 2.23. The van der Waals surface area contributed by atoms with Crippen molar-refractivity contribution in [2.24, 2.45) is 0 Å². The number of carboxylic acid groups (broad SMARTS) is 1. The number of nitrogens with zero attached hydrogens (tertiary/aromatic N) is 3. The van der Waals surface area contributed by atoms with Crippen molar-refractivity contribution in [1.82, 2.24) is 14.3 Å². The van der Waals surface area contributed by atoms with Gasteiger partial charge in [0.05, 0.1) is 6.20 Å². The molecule has 0 radical (unpaired) electrons. The molecule has 3 heterocycles. The van der Waals surface area contributed by atoms with E-state index in [1.165, 1.54) is 10.5 Å². The molecule has 0 fully saturated rings. The topological polar surface area (TPSA) is 57.8 Å². The van der Waals surface area contributed by atoms with E-state index in [0.29, 0.717) is 13.1 Å². The minimum atomic E-state index is -0.853. The van der Waals surface area contributed by atoms with Crippen LogP contribution in [0, 0.1) is 3.70 Å². The normalized spacial score (nSPS) is 15.6. The van der Waals surface area contributed by atoms with Gasteiger partial charge in [-0.2, -0.15) is 0 Å². The molecular weight excluding hydrogens is 357 g/mol. The molecular formula is C13H12IN3O2. The number of hydrogen-bond acceptors (Lipinski definition) is 2. The molecule has 0 saturated heterocycles. The number of amides is 1. The molecule has 2 aromatic rings. The van der Waals surface area contributed by atoms with Gasteiger partial charge in [0.2, 0.25) is 0 Å². The summed E-state index contributed by atoms with van der Waals surface area (Å²) < 4.78 is 3.10. The van der Waals surface area contributed by atoms with Gasteiger partial charge in [-0.3, -0.25) is 4.40 Å². The summed E-state index contributed by atoms with van der Waals surface area (Å²) in [7, 11) is 0. The Kier molecular flexibility index (Phi) is 3.17. The van der Waals surface area contributed by atoms with Crippen LogP contribution >= 0.6 is 22.6 Å². The zero-order chi connectivity index (χ0) is 13.4. The maximum Gasteiger partial charge on any atom is 0.407 e. The molecule has 6 heteroatoms. The summed E-state index contributed by atoms with van der Waals surface area (Å²) in [6.45, 7) is 1.01. The van der Waals surface area contributed by atoms with Crippen molar-refractivity contribution in [2.45, 2.75) is 6.42 Å². The first-order chi connectivity index (χ1) is 9.15. The maximum atomic E-state index is 10.9. The number of imidazole rings is 1. The summed E-state index contributed by atoms with van der Waals surface area (Å²) >= 11 is 2.24. The number of rotatable bonds is 1. The number of fused-ring (bicyclic) bond motifs is 1. The predicted octanol–water partition coefficient (Wildman–Crippen LogP) is 2.71. The first-order valence-electron chi connectivity index (χ1n) is 5.95. The molecule has 1 aliphatic rings. The van der Waals surface area contributed by atoms with Gasteiger partial charge in [0, 0.05) is 19.3 Å². The Labute approximate surface area is 123 Å². The van der Waals surface area contributed by atoms with Crippen molar-refractivity contribution >= 4 is 39.9 Å². The highest BCUT2D eigenvalue weighted by molar-refractivity contribution is 14.1. The summed E-state index contributed by atoms with van der Waals surface area (Å²) in [5.74, 6) is 0. The zero-order valence-electron chi connectivity index (χ0n) is 10.1. The number of aromatic nitrogens is 2.